The van der Waals surface area contributed by atoms with Crippen LogP contribution in [0.1, 0.15) is 11.1 Å². The van der Waals surface area contributed by atoms with E-state index in [0.29, 0.717) is 15.6 Å². The molecule has 0 aliphatic carbocycles. The van der Waals surface area contributed by atoms with E-state index in [1.165, 1.54) is 6.08 Å². The van der Waals surface area contributed by atoms with Crippen LogP contribution in [0.3, 0.4) is 0 Å². The van der Waals surface area contributed by atoms with Gasteiger partial charge in [0, 0.05) is 15.6 Å². The molecule has 0 atom stereocenters. The Morgan fingerprint density at radius 1 is 0.923 bits per heavy atom. The van der Waals surface area contributed by atoms with Crippen molar-refractivity contribution < 1.29 is 14.3 Å². The van der Waals surface area contributed by atoms with Gasteiger partial charge in [-0.1, -0.05) is 52.5 Å². The lowest BCUT2D eigenvalue weighted by Crippen LogP contribution is -2.22. The zero-order chi connectivity index (χ0) is 18.8. The first-order chi connectivity index (χ1) is 12.3. The molecular formula is C17H10Cl4N2O3. The van der Waals surface area contributed by atoms with Gasteiger partial charge in [-0.15, -0.1) is 0 Å². The van der Waals surface area contributed by atoms with Gasteiger partial charge in [0.2, 0.25) is 0 Å². The molecule has 1 aliphatic heterocycles. The van der Waals surface area contributed by atoms with E-state index in [1.807, 2.05) is 0 Å². The number of carbonyl (C=O) groups excluding carboxylic acids is 2. The van der Waals surface area contributed by atoms with E-state index in [-0.39, 0.29) is 28.1 Å². The highest BCUT2D eigenvalue weighted by Gasteiger charge is 2.23. The van der Waals surface area contributed by atoms with Gasteiger partial charge in [-0.2, -0.15) is 0 Å². The summed E-state index contributed by atoms with van der Waals surface area (Å²) in [7, 11) is 0. The van der Waals surface area contributed by atoms with E-state index in [4.69, 9.17) is 51.1 Å². The van der Waals surface area contributed by atoms with Crippen molar-refractivity contribution in [3.8, 4) is 5.75 Å². The minimum atomic E-state index is -0.585. The Hall–Kier alpha value is -1.92. The Morgan fingerprint density at radius 2 is 1.62 bits per heavy atom. The number of benzene rings is 2. The molecule has 2 N–H and O–H groups in total. The molecule has 0 bridgehead atoms. The summed E-state index contributed by atoms with van der Waals surface area (Å²) >= 11 is 24.4. The smallest absolute Gasteiger partial charge is 0.326 e. The van der Waals surface area contributed by atoms with Crippen LogP contribution in [0.15, 0.2) is 36.0 Å². The number of hydrogen-bond donors (Lipinski definition) is 2. The van der Waals surface area contributed by atoms with Gasteiger partial charge in [-0.05, 0) is 35.9 Å². The number of hydrogen-bond acceptors (Lipinski definition) is 3. The number of ether oxygens (including phenoxy) is 1. The van der Waals surface area contributed by atoms with Crippen LogP contribution in [-0.2, 0) is 11.4 Å². The van der Waals surface area contributed by atoms with Crippen molar-refractivity contribution in [2.75, 3.05) is 0 Å². The zero-order valence-corrected chi connectivity index (χ0v) is 15.9. The third kappa shape index (κ3) is 4.24. The van der Waals surface area contributed by atoms with Crippen molar-refractivity contribution in [1.82, 2.24) is 10.6 Å². The summed E-state index contributed by atoms with van der Waals surface area (Å²) in [4.78, 5) is 22.7. The summed E-state index contributed by atoms with van der Waals surface area (Å²) in [6, 6.07) is 7.60. The monoisotopic (exact) mass is 430 g/mol. The lowest BCUT2D eigenvalue weighted by Gasteiger charge is -2.12. The molecule has 134 valence electrons. The Labute approximate surface area is 168 Å². The number of rotatable bonds is 4. The second kappa shape index (κ2) is 7.76. The highest BCUT2D eigenvalue weighted by Crippen LogP contribution is 2.36. The van der Waals surface area contributed by atoms with Gasteiger partial charge in [0.05, 0.1) is 10.0 Å². The minimum absolute atomic E-state index is 0.101. The van der Waals surface area contributed by atoms with Crippen LogP contribution in [0.2, 0.25) is 20.1 Å². The average molecular weight is 432 g/mol. The van der Waals surface area contributed by atoms with Crippen molar-refractivity contribution >= 4 is 64.4 Å². The van der Waals surface area contributed by atoms with Crippen LogP contribution in [-0.4, -0.2) is 11.9 Å². The summed E-state index contributed by atoms with van der Waals surface area (Å²) in [5.74, 6) is -0.249. The first-order valence-electron chi connectivity index (χ1n) is 7.23. The summed E-state index contributed by atoms with van der Waals surface area (Å²) in [6.07, 6.45) is 1.46. The molecule has 0 unspecified atom stereocenters. The predicted molar refractivity (Wildman–Crippen MR) is 102 cm³/mol. The second-order valence-electron chi connectivity index (χ2n) is 5.30. The number of urea groups is 1. The molecule has 2 aromatic carbocycles. The van der Waals surface area contributed by atoms with Gasteiger partial charge in [0.1, 0.15) is 12.3 Å². The van der Waals surface area contributed by atoms with Crippen LogP contribution >= 0.6 is 46.4 Å². The van der Waals surface area contributed by atoms with Crippen molar-refractivity contribution in [3.63, 3.8) is 0 Å². The van der Waals surface area contributed by atoms with E-state index in [1.54, 1.807) is 30.3 Å². The number of amides is 3. The highest BCUT2D eigenvalue weighted by molar-refractivity contribution is 6.37. The Bertz CT molecular complexity index is 921. The van der Waals surface area contributed by atoms with Gasteiger partial charge in [-0.25, -0.2) is 4.79 Å². The van der Waals surface area contributed by atoms with Crippen LogP contribution in [0.4, 0.5) is 4.79 Å². The molecule has 3 amide bonds. The van der Waals surface area contributed by atoms with Gasteiger partial charge < -0.3 is 10.1 Å². The van der Waals surface area contributed by atoms with Gasteiger partial charge in [-0.3, -0.25) is 10.1 Å². The molecule has 0 aromatic heterocycles. The first-order valence-corrected chi connectivity index (χ1v) is 8.74. The van der Waals surface area contributed by atoms with E-state index >= 15 is 0 Å². The Balaban J connectivity index is 1.80. The van der Waals surface area contributed by atoms with E-state index in [2.05, 4.69) is 10.6 Å². The van der Waals surface area contributed by atoms with Gasteiger partial charge >= 0.3 is 6.03 Å². The fourth-order valence-corrected chi connectivity index (χ4v) is 3.31. The number of carbonyl (C=O) groups is 2. The predicted octanol–water partition coefficient (Wildman–Crippen LogP) is 5.06. The molecule has 1 saturated heterocycles. The van der Waals surface area contributed by atoms with E-state index in [0.717, 1.165) is 5.56 Å². The molecule has 9 heteroatoms. The fraction of sp³-hybridized carbons (Fsp3) is 0.0588. The van der Waals surface area contributed by atoms with Crippen LogP contribution in [0.5, 0.6) is 5.75 Å². The summed E-state index contributed by atoms with van der Waals surface area (Å²) in [6.45, 7) is 0.147. The zero-order valence-electron chi connectivity index (χ0n) is 12.9. The standard InChI is InChI=1S/C17H10Cl4N2O3/c18-10-2-1-9(11(19)6-10)7-26-15-12(20)3-8(4-13(15)21)5-14-16(24)23-17(25)22-14/h1-6H,7H2,(H2,22,23,24,25)/b14-5+. The highest BCUT2D eigenvalue weighted by atomic mass is 35.5. The topological polar surface area (TPSA) is 67.4 Å². The summed E-state index contributed by atoms with van der Waals surface area (Å²) in [5.41, 5.74) is 1.35. The average Bonchev–Trinajstić information content (AvgIpc) is 2.86. The maximum atomic E-state index is 11.6. The quantitative estimate of drug-likeness (QED) is 0.525. The molecule has 0 saturated carbocycles. The second-order valence-corrected chi connectivity index (χ2v) is 6.96. The van der Waals surface area contributed by atoms with Crippen LogP contribution < -0.4 is 15.4 Å². The van der Waals surface area contributed by atoms with E-state index in [9.17, 15) is 9.59 Å². The normalized spacial score (nSPS) is 15.2. The lowest BCUT2D eigenvalue weighted by molar-refractivity contribution is -0.115. The molecular weight excluding hydrogens is 422 g/mol. The Morgan fingerprint density at radius 3 is 2.19 bits per heavy atom. The molecule has 3 rings (SSSR count). The van der Waals surface area contributed by atoms with Crippen molar-refractivity contribution in [2.45, 2.75) is 6.61 Å². The fourth-order valence-electron chi connectivity index (χ4n) is 2.24. The third-order valence-corrected chi connectivity index (χ3v) is 4.59. The maximum absolute atomic E-state index is 11.6. The van der Waals surface area contributed by atoms with Gasteiger partial charge in [0.15, 0.2) is 5.75 Å². The molecule has 26 heavy (non-hydrogen) atoms. The molecule has 1 aliphatic rings. The van der Waals surface area contributed by atoms with E-state index < -0.39 is 11.9 Å². The van der Waals surface area contributed by atoms with Crippen LogP contribution in [0.25, 0.3) is 6.08 Å². The number of nitrogens with one attached hydrogen (secondary N) is 2. The van der Waals surface area contributed by atoms with Crippen molar-refractivity contribution in [1.29, 1.82) is 0 Å². The summed E-state index contributed by atoms with van der Waals surface area (Å²) < 4.78 is 5.68. The van der Waals surface area contributed by atoms with Crippen molar-refractivity contribution in [3.05, 3.63) is 67.2 Å². The largest absolute Gasteiger partial charge is 0.486 e. The summed E-state index contributed by atoms with van der Waals surface area (Å²) in [5, 5.41) is 5.98. The number of imide groups is 1. The first kappa shape index (κ1) is 18.9. The maximum Gasteiger partial charge on any atom is 0.326 e. The molecule has 1 heterocycles. The molecule has 1 fully saturated rings. The van der Waals surface area contributed by atoms with Crippen molar-refractivity contribution in [2.24, 2.45) is 0 Å². The van der Waals surface area contributed by atoms with Gasteiger partial charge in [0.25, 0.3) is 5.91 Å². The number of halogens is 4. The molecule has 0 spiro atoms. The minimum Gasteiger partial charge on any atom is -0.486 e. The molecule has 0 radical (unpaired) electrons. The lowest BCUT2D eigenvalue weighted by atomic mass is 10.1. The molecule has 5 nitrogen and oxygen atoms in total. The van der Waals surface area contributed by atoms with Crippen LogP contribution in [0, 0.1) is 0 Å². The Kier molecular flexibility index (Phi) is 5.63. The third-order valence-electron chi connectivity index (χ3n) is 3.44. The SMILES string of the molecule is O=C1NC(=O)/C(=C\c2cc(Cl)c(OCc3ccc(Cl)cc3Cl)c(Cl)c2)N1. The molecule has 2 aromatic rings.